The number of rotatable bonds is 7. The molecule has 0 aliphatic rings. The van der Waals surface area contributed by atoms with Gasteiger partial charge in [-0.1, -0.05) is 6.92 Å². The van der Waals surface area contributed by atoms with Crippen LogP contribution in [0.1, 0.15) is 32.5 Å². The SMILES string of the molecule is CCCn1cc(S(=O)(=O)NC(C)CC(=O)O)nc1C. The lowest BCUT2D eigenvalue weighted by Gasteiger charge is -2.10. The number of imidazole rings is 1. The summed E-state index contributed by atoms with van der Waals surface area (Å²) in [4.78, 5) is 14.5. The largest absolute Gasteiger partial charge is 0.481 e. The van der Waals surface area contributed by atoms with Gasteiger partial charge in [-0.2, -0.15) is 0 Å². The van der Waals surface area contributed by atoms with E-state index in [1.165, 1.54) is 13.1 Å². The van der Waals surface area contributed by atoms with E-state index < -0.39 is 22.0 Å². The minimum Gasteiger partial charge on any atom is -0.481 e. The molecule has 0 saturated heterocycles. The van der Waals surface area contributed by atoms with Gasteiger partial charge in [-0.3, -0.25) is 4.79 Å². The lowest BCUT2D eigenvalue weighted by molar-refractivity contribution is -0.137. The monoisotopic (exact) mass is 289 g/mol. The molecule has 0 spiro atoms. The summed E-state index contributed by atoms with van der Waals surface area (Å²) < 4.78 is 28.1. The zero-order valence-corrected chi connectivity index (χ0v) is 12.1. The van der Waals surface area contributed by atoms with Gasteiger partial charge < -0.3 is 9.67 Å². The van der Waals surface area contributed by atoms with E-state index in [4.69, 9.17) is 5.11 Å². The number of nitrogens with zero attached hydrogens (tertiary/aromatic N) is 2. The number of aryl methyl sites for hydroxylation is 2. The van der Waals surface area contributed by atoms with Crippen molar-refractivity contribution >= 4 is 16.0 Å². The summed E-state index contributed by atoms with van der Waals surface area (Å²) in [5.74, 6) is -0.434. The number of carbonyl (C=O) groups is 1. The number of hydrogen-bond donors (Lipinski definition) is 2. The standard InChI is InChI=1S/C11H19N3O4S/c1-4-5-14-7-10(12-9(14)3)19(17,18)13-8(2)6-11(15)16/h7-8,13H,4-6H2,1-3H3,(H,15,16). The molecule has 0 radical (unpaired) electrons. The summed E-state index contributed by atoms with van der Waals surface area (Å²) in [5.41, 5.74) is 0. The maximum atomic E-state index is 12.0. The Kier molecular flexibility index (Phi) is 5.07. The lowest BCUT2D eigenvalue weighted by atomic mass is 10.3. The van der Waals surface area contributed by atoms with E-state index in [9.17, 15) is 13.2 Å². The van der Waals surface area contributed by atoms with Crippen LogP contribution in [0.4, 0.5) is 0 Å². The molecule has 1 aromatic rings. The van der Waals surface area contributed by atoms with Gasteiger partial charge in [0.1, 0.15) is 5.82 Å². The second-order valence-corrected chi connectivity index (χ2v) is 6.10. The molecule has 1 atom stereocenters. The van der Waals surface area contributed by atoms with Gasteiger partial charge in [0.05, 0.1) is 6.42 Å². The number of carboxylic acid groups (broad SMARTS) is 1. The first-order chi connectivity index (χ1) is 8.76. The molecule has 0 aliphatic carbocycles. The van der Waals surface area contributed by atoms with E-state index in [0.29, 0.717) is 12.4 Å². The first-order valence-electron chi connectivity index (χ1n) is 6.04. The summed E-state index contributed by atoms with van der Waals surface area (Å²) in [6.45, 7) is 5.91. The first-order valence-corrected chi connectivity index (χ1v) is 7.52. The van der Waals surface area contributed by atoms with Crippen LogP contribution in [0.25, 0.3) is 0 Å². The highest BCUT2D eigenvalue weighted by Gasteiger charge is 2.22. The summed E-state index contributed by atoms with van der Waals surface area (Å²) in [6, 6.07) is -0.681. The molecule has 0 aliphatic heterocycles. The molecule has 0 bridgehead atoms. The van der Waals surface area contributed by atoms with Crippen molar-refractivity contribution in [3.05, 3.63) is 12.0 Å². The van der Waals surface area contributed by atoms with Crippen LogP contribution >= 0.6 is 0 Å². The predicted molar refractivity (Wildman–Crippen MR) is 69.3 cm³/mol. The van der Waals surface area contributed by atoms with Crippen LogP contribution in [0.15, 0.2) is 11.2 Å². The third-order valence-corrected chi connectivity index (χ3v) is 3.99. The predicted octanol–water partition coefficient (Wildman–Crippen LogP) is 0.743. The second kappa shape index (κ2) is 6.16. The maximum absolute atomic E-state index is 12.0. The molecule has 1 heterocycles. The summed E-state index contributed by atoms with van der Waals surface area (Å²) >= 11 is 0. The molecular formula is C11H19N3O4S. The summed E-state index contributed by atoms with van der Waals surface area (Å²) in [5, 5.41) is 8.54. The zero-order chi connectivity index (χ0) is 14.6. The normalized spacial score (nSPS) is 13.4. The van der Waals surface area contributed by atoms with Crippen molar-refractivity contribution < 1.29 is 18.3 Å². The Balaban J connectivity index is 2.88. The fourth-order valence-electron chi connectivity index (χ4n) is 1.70. The Morgan fingerprint density at radius 3 is 2.74 bits per heavy atom. The van der Waals surface area contributed by atoms with Crippen molar-refractivity contribution in [2.45, 2.75) is 51.2 Å². The Labute approximate surface area is 112 Å². The fourth-order valence-corrected chi connectivity index (χ4v) is 2.96. The van der Waals surface area contributed by atoms with Crippen LogP contribution in [0.5, 0.6) is 0 Å². The highest BCUT2D eigenvalue weighted by atomic mass is 32.2. The summed E-state index contributed by atoms with van der Waals surface area (Å²) in [6.07, 6.45) is 2.07. The van der Waals surface area contributed by atoms with E-state index in [1.807, 2.05) is 6.92 Å². The lowest BCUT2D eigenvalue weighted by Crippen LogP contribution is -2.34. The van der Waals surface area contributed by atoms with Crippen molar-refractivity contribution in [1.29, 1.82) is 0 Å². The third-order valence-electron chi connectivity index (χ3n) is 2.53. The maximum Gasteiger partial charge on any atom is 0.304 e. The second-order valence-electron chi connectivity index (χ2n) is 4.44. The zero-order valence-electron chi connectivity index (χ0n) is 11.3. The van der Waals surface area contributed by atoms with E-state index >= 15 is 0 Å². The van der Waals surface area contributed by atoms with E-state index in [2.05, 4.69) is 9.71 Å². The van der Waals surface area contributed by atoms with Crippen molar-refractivity contribution in [1.82, 2.24) is 14.3 Å². The van der Waals surface area contributed by atoms with Crippen molar-refractivity contribution in [2.24, 2.45) is 0 Å². The molecule has 19 heavy (non-hydrogen) atoms. The highest BCUT2D eigenvalue weighted by molar-refractivity contribution is 7.89. The van der Waals surface area contributed by atoms with Crippen LogP contribution in [-0.2, 0) is 21.4 Å². The first kappa shape index (κ1) is 15.6. The Bertz CT molecular complexity index is 550. The van der Waals surface area contributed by atoms with Crippen LogP contribution in [-0.4, -0.2) is 35.1 Å². The van der Waals surface area contributed by atoms with Crippen molar-refractivity contribution in [2.75, 3.05) is 0 Å². The summed E-state index contributed by atoms with van der Waals surface area (Å²) in [7, 11) is -3.77. The van der Waals surface area contributed by atoms with Gasteiger partial charge >= 0.3 is 5.97 Å². The Hall–Kier alpha value is -1.41. The van der Waals surface area contributed by atoms with Gasteiger partial charge in [-0.05, 0) is 20.3 Å². The van der Waals surface area contributed by atoms with Crippen molar-refractivity contribution in [3.8, 4) is 0 Å². The Morgan fingerprint density at radius 1 is 1.58 bits per heavy atom. The number of sulfonamides is 1. The van der Waals surface area contributed by atoms with Gasteiger partial charge in [0.25, 0.3) is 10.0 Å². The molecule has 108 valence electrons. The molecule has 1 aromatic heterocycles. The smallest absolute Gasteiger partial charge is 0.304 e. The average Bonchev–Trinajstić information content (AvgIpc) is 2.59. The minimum absolute atomic E-state index is 0.0734. The molecular weight excluding hydrogens is 270 g/mol. The number of carboxylic acids is 1. The highest BCUT2D eigenvalue weighted by Crippen LogP contribution is 2.10. The van der Waals surface area contributed by atoms with Gasteiger partial charge in [-0.15, -0.1) is 0 Å². The molecule has 8 heteroatoms. The molecule has 7 nitrogen and oxygen atoms in total. The van der Waals surface area contributed by atoms with E-state index in [1.54, 1.807) is 11.5 Å². The molecule has 2 N–H and O–H groups in total. The molecule has 0 amide bonds. The third kappa shape index (κ3) is 4.32. The number of nitrogens with one attached hydrogen (secondary N) is 1. The van der Waals surface area contributed by atoms with E-state index in [0.717, 1.165) is 6.42 Å². The van der Waals surface area contributed by atoms with Crippen LogP contribution in [0.3, 0.4) is 0 Å². The van der Waals surface area contributed by atoms with Crippen molar-refractivity contribution in [3.63, 3.8) is 0 Å². The Morgan fingerprint density at radius 2 is 2.21 bits per heavy atom. The fraction of sp³-hybridized carbons (Fsp3) is 0.636. The molecule has 1 rings (SSSR count). The van der Waals surface area contributed by atoms with Crippen LogP contribution in [0.2, 0.25) is 0 Å². The number of aromatic nitrogens is 2. The minimum atomic E-state index is -3.77. The number of hydrogen-bond acceptors (Lipinski definition) is 4. The van der Waals surface area contributed by atoms with Gasteiger partial charge in [0.15, 0.2) is 5.03 Å². The van der Waals surface area contributed by atoms with E-state index in [-0.39, 0.29) is 11.4 Å². The van der Waals surface area contributed by atoms with Gasteiger partial charge in [0.2, 0.25) is 0 Å². The molecule has 1 unspecified atom stereocenters. The molecule has 0 aromatic carbocycles. The number of aliphatic carboxylic acids is 1. The quantitative estimate of drug-likeness (QED) is 0.771. The topological polar surface area (TPSA) is 101 Å². The van der Waals surface area contributed by atoms with Crippen LogP contribution in [0, 0.1) is 6.92 Å². The molecule has 0 fully saturated rings. The van der Waals surface area contributed by atoms with Gasteiger partial charge in [-0.25, -0.2) is 18.1 Å². The van der Waals surface area contributed by atoms with Gasteiger partial charge in [0, 0.05) is 18.8 Å². The van der Waals surface area contributed by atoms with Crippen LogP contribution < -0.4 is 4.72 Å². The average molecular weight is 289 g/mol. The molecule has 0 saturated carbocycles.